The molecule has 4 nitrogen and oxygen atoms in total. The van der Waals surface area contributed by atoms with E-state index in [1.54, 1.807) is 12.3 Å². The van der Waals surface area contributed by atoms with Crippen LogP contribution >= 0.6 is 11.3 Å². The third kappa shape index (κ3) is 3.46. The third-order valence-corrected chi connectivity index (χ3v) is 5.80. The molecule has 0 bridgehead atoms. The maximum atomic E-state index is 13.5. The Bertz CT molecular complexity index is 758. The smallest absolute Gasteiger partial charge is 0.242 e. The summed E-state index contributed by atoms with van der Waals surface area (Å²) in [6.45, 7) is 1.52. The Balaban J connectivity index is 2.24. The summed E-state index contributed by atoms with van der Waals surface area (Å²) >= 11 is 1.26. The van der Waals surface area contributed by atoms with Crippen LogP contribution in [0.3, 0.4) is 0 Å². The largest absolute Gasteiger partial charge is 0.326 e. The first-order valence-electron chi connectivity index (χ1n) is 6.05. The lowest BCUT2D eigenvalue weighted by atomic mass is 10.2. The molecule has 0 aliphatic carbocycles. The number of thiophene rings is 1. The van der Waals surface area contributed by atoms with Crippen LogP contribution in [0.4, 0.5) is 8.78 Å². The van der Waals surface area contributed by atoms with Gasteiger partial charge in [-0.2, -0.15) is 0 Å². The monoisotopic (exact) mass is 332 g/mol. The lowest BCUT2D eigenvalue weighted by molar-refractivity contribution is 0.562. The van der Waals surface area contributed by atoms with Gasteiger partial charge < -0.3 is 5.73 Å². The minimum atomic E-state index is -3.80. The molecule has 0 radical (unpaired) electrons. The predicted molar refractivity (Wildman–Crippen MR) is 77.3 cm³/mol. The number of benzene rings is 1. The fourth-order valence-corrected chi connectivity index (χ4v) is 4.60. The Morgan fingerprint density at radius 3 is 2.67 bits per heavy atom. The topological polar surface area (TPSA) is 72.2 Å². The summed E-state index contributed by atoms with van der Waals surface area (Å²) in [4.78, 5) is 0.678. The van der Waals surface area contributed by atoms with Crippen LogP contribution in [0.2, 0.25) is 0 Å². The van der Waals surface area contributed by atoms with E-state index in [2.05, 4.69) is 4.72 Å². The Morgan fingerprint density at radius 2 is 2.05 bits per heavy atom. The van der Waals surface area contributed by atoms with E-state index in [1.807, 2.05) is 0 Å². The molecule has 0 aliphatic heterocycles. The van der Waals surface area contributed by atoms with Crippen LogP contribution in [0.5, 0.6) is 0 Å². The van der Waals surface area contributed by atoms with E-state index < -0.39 is 21.7 Å². The van der Waals surface area contributed by atoms with E-state index in [9.17, 15) is 17.2 Å². The quantitative estimate of drug-likeness (QED) is 0.882. The fourth-order valence-electron chi connectivity index (χ4n) is 1.90. The van der Waals surface area contributed by atoms with E-state index in [0.29, 0.717) is 16.5 Å². The highest BCUT2D eigenvalue weighted by atomic mass is 32.2. The summed E-state index contributed by atoms with van der Waals surface area (Å²) in [5, 5.41) is 1.70. The van der Waals surface area contributed by atoms with Gasteiger partial charge in [0.2, 0.25) is 10.0 Å². The summed E-state index contributed by atoms with van der Waals surface area (Å²) < 4.78 is 53.2. The zero-order valence-electron chi connectivity index (χ0n) is 11.2. The molecule has 21 heavy (non-hydrogen) atoms. The molecule has 0 aliphatic rings. The van der Waals surface area contributed by atoms with Gasteiger partial charge in [-0.1, -0.05) is 6.07 Å². The molecule has 0 fully saturated rings. The SMILES string of the molecule is Cc1csc(CN)c1S(=O)(=O)NCc1ccc(F)cc1F. The van der Waals surface area contributed by atoms with Crippen molar-refractivity contribution in [3.63, 3.8) is 0 Å². The van der Waals surface area contributed by atoms with Gasteiger partial charge in [-0.3, -0.25) is 0 Å². The number of aryl methyl sites for hydroxylation is 1. The summed E-state index contributed by atoms with van der Waals surface area (Å²) in [6, 6.07) is 3.00. The van der Waals surface area contributed by atoms with Crippen molar-refractivity contribution in [2.24, 2.45) is 5.73 Å². The molecule has 8 heteroatoms. The van der Waals surface area contributed by atoms with Crippen LogP contribution in [0, 0.1) is 18.6 Å². The maximum Gasteiger partial charge on any atom is 0.242 e. The van der Waals surface area contributed by atoms with Gasteiger partial charge in [0.05, 0.1) is 0 Å². The lowest BCUT2D eigenvalue weighted by Crippen LogP contribution is -2.25. The second-order valence-corrected chi connectivity index (χ2v) is 7.10. The van der Waals surface area contributed by atoms with Crippen LogP contribution in [0.1, 0.15) is 16.0 Å². The fraction of sp³-hybridized carbons (Fsp3) is 0.231. The second-order valence-electron chi connectivity index (χ2n) is 4.44. The highest BCUT2D eigenvalue weighted by Gasteiger charge is 2.22. The molecule has 0 unspecified atom stereocenters. The van der Waals surface area contributed by atoms with E-state index in [1.165, 1.54) is 17.4 Å². The van der Waals surface area contributed by atoms with Crippen molar-refractivity contribution in [2.45, 2.75) is 24.9 Å². The summed E-state index contributed by atoms with van der Waals surface area (Å²) in [5.74, 6) is -1.50. The molecule has 1 aromatic carbocycles. The normalized spacial score (nSPS) is 11.8. The molecule has 114 valence electrons. The third-order valence-electron chi connectivity index (χ3n) is 2.91. The molecule has 2 rings (SSSR count). The molecule has 0 amide bonds. The molecule has 0 saturated carbocycles. The van der Waals surface area contributed by atoms with Gasteiger partial charge >= 0.3 is 0 Å². The molecule has 3 N–H and O–H groups in total. The van der Waals surface area contributed by atoms with Gasteiger partial charge in [0.1, 0.15) is 16.5 Å². The number of rotatable bonds is 5. The summed E-state index contributed by atoms with van der Waals surface area (Å²) in [7, 11) is -3.80. The van der Waals surface area contributed by atoms with Crippen molar-refractivity contribution in [1.82, 2.24) is 4.72 Å². The highest BCUT2D eigenvalue weighted by molar-refractivity contribution is 7.89. The van der Waals surface area contributed by atoms with Crippen LogP contribution in [-0.2, 0) is 23.1 Å². The number of sulfonamides is 1. The number of hydrogen-bond acceptors (Lipinski definition) is 4. The highest BCUT2D eigenvalue weighted by Crippen LogP contribution is 2.26. The van der Waals surface area contributed by atoms with E-state index >= 15 is 0 Å². The molecular formula is C13H14F2N2O2S2. The Kier molecular flexibility index (Phi) is 4.72. The van der Waals surface area contributed by atoms with Gasteiger partial charge in [-0.25, -0.2) is 21.9 Å². The molecule has 1 heterocycles. The van der Waals surface area contributed by atoms with E-state index in [-0.39, 0.29) is 23.5 Å². The first-order valence-corrected chi connectivity index (χ1v) is 8.42. The number of nitrogens with one attached hydrogen (secondary N) is 1. The van der Waals surface area contributed by atoms with E-state index in [4.69, 9.17) is 5.73 Å². The summed E-state index contributed by atoms with van der Waals surface area (Å²) in [6.07, 6.45) is 0. The molecule has 1 aromatic heterocycles. The number of nitrogens with two attached hydrogens (primary N) is 1. The summed E-state index contributed by atoms with van der Waals surface area (Å²) in [5.41, 5.74) is 6.19. The van der Waals surface area contributed by atoms with E-state index in [0.717, 1.165) is 6.07 Å². The maximum absolute atomic E-state index is 13.5. The minimum Gasteiger partial charge on any atom is -0.326 e. The van der Waals surface area contributed by atoms with Gasteiger partial charge in [-0.15, -0.1) is 11.3 Å². The minimum absolute atomic E-state index is 0.0714. The number of halogens is 2. The second kappa shape index (κ2) is 6.18. The van der Waals surface area contributed by atoms with Gasteiger partial charge in [-0.05, 0) is 23.9 Å². The average molecular weight is 332 g/mol. The molecule has 0 atom stereocenters. The zero-order chi connectivity index (χ0) is 15.6. The van der Waals surface area contributed by atoms with Gasteiger partial charge in [0, 0.05) is 29.6 Å². The molecule has 0 spiro atoms. The van der Waals surface area contributed by atoms with Crippen LogP contribution in [0.15, 0.2) is 28.5 Å². The number of hydrogen-bond donors (Lipinski definition) is 2. The first kappa shape index (κ1) is 16.0. The predicted octanol–water partition coefficient (Wildman–Crippen LogP) is 2.27. The van der Waals surface area contributed by atoms with Crippen molar-refractivity contribution < 1.29 is 17.2 Å². The zero-order valence-corrected chi connectivity index (χ0v) is 12.8. The average Bonchev–Trinajstić information content (AvgIpc) is 2.79. The Hall–Kier alpha value is -1.35. The molecular weight excluding hydrogens is 318 g/mol. The van der Waals surface area contributed by atoms with Crippen molar-refractivity contribution in [3.8, 4) is 0 Å². The van der Waals surface area contributed by atoms with Crippen molar-refractivity contribution in [3.05, 3.63) is 51.2 Å². The standard InChI is InChI=1S/C13H14F2N2O2S2/c1-8-7-20-12(5-16)13(8)21(18,19)17-6-9-2-3-10(14)4-11(9)15/h2-4,7,17H,5-6,16H2,1H3. The van der Waals surface area contributed by atoms with Crippen LogP contribution in [-0.4, -0.2) is 8.42 Å². The Morgan fingerprint density at radius 1 is 1.33 bits per heavy atom. The van der Waals surface area contributed by atoms with Crippen LogP contribution in [0.25, 0.3) is 0 Å². The first-order chi connectivity index (χ1) is 9.85. The Labute approximate surface area is 125 Å². The van der Waals surface area contributed by atoms with Crippen LogP contribution < -0.4 is 10.5 Å². The van der Waals surface area contributed by atoms with Gasteiger partial charge in [0.15, 0.2) is 0 Å². The lowest BCUT2D eigenvalue weighted by Gasteiger charge is -2.09. The molecule has 2 aromatic rings. The van der Waals surface area contributed by atoms with Crippen molar-refractivity contribution >= 4 is 21.4 Å². The van der Waals surface area contributed by atoms with Gasteiger partial charge in [0.25, 0.3) is 0 Å². The van der Waals surface area contributed by atoms with Crippen molar-refractivity contribution in [2.75, 3.05) is 0 Å². The molecule has 0 saturated heterocycles. The van der Waals surface area contributed by atoms with Crippen molar-refractivity contribution in [1.29, 1.82) is 0 Å².